The lowest BCUT2D eigenvalue weighted by molar-refractivity contribution is 1.28. The smallest absolute Gasteiger partial charge is 0.337 e. The fraction of sp³-hybridized carbons (Fsp3) is 0.273. The van der Waals surface area contributed by atoms with E-state index in [2.05, 4.69) is 15.9 Å². The predicted molar refractivity (Wildman–Crippen MR) is 56.6 cm³/mol. The van der Waals surface area contributed by atoms with Crippen molar-refractivity contribution in [2.24, 2.45) is 0 Å². The van der Waals surface area contributed by atoms with Crippen LogP contribution in [-0.4, -0.2) is 0 Å². The molecule has 0 saturated carbocycles. The zero-order valence-electron chi connectivity index (χ0n) is 8.38. The average Bonchev–Trinajstić information content (AvgIpc) is 2.18. The predicted octanol–water partition coefficient (Wildman–Crippen LogP) is 3.34. The first-order valence-corrected chi connectivity index (χ1v) is 4.18. The van der Waals surface area contributed by atoms with Gasteiger partial charge in [0.15, 0.2) is 5.69 Å². The number of aryl methyl sites for hydroxylation is 1. The van der Waals surface area contributed by atoms with Crippen molar-refractivity contribution in [1.82, 2.24) is 0 Å². The van der Waals surface area contributed by atoms with E-state index in [1.807, 2.05) is 20.8 Å². The maximum atomic E-state index is 10.1. The van der Waals surface area contributed by atoms with Gasteiger partial charge in [-0.15, -0.1) is 0 Å². The summed E-state index contributed by atoms with van der Waals surface area (Å²) in [5, 5.41) is 12.8. The van der Waals surface area contributed by atoms with Gasteiger partial charge >= 0.3 is 6.07 Å². The van der Waals surface area contributed by atoms with Crippen molar-refractivity contribution in [3.05, 3.63) is 50.0 Å². The number of rotatable bonds is 0. The molecule has 0 unspecified atom stereocenters. The molecule has 0 atom stereocenters. The highest BCUT2D eigenvalue weighted by Gasteiger charge is 2.11. The van der Waals surface area contributed by atoms with Crippen molar-refractivity contribution in [1.29, 1.82) is 0 Å². The van der Waals surface area contributed by atoms with Crippen molar-refractivity contribution in [2.75, 3.05) is 0 Å². The van der Waals surface area contributed by atoms with Crippen LogP contribution in [0, 0.1) is 38.6 Å². The number of hydrogen-bond donors (Lipinski definition) is 0. The Morgan fingerprint density at radius 1 is 1.29 bits per heavy atom. The van der Waals surface area contributed by atoms with E-state index in [9.17, 15) is 5.21 Å². The normalized spacial score (nSPS) is 8.71. The first-order valence-electron chi connectivity index (χ1n) is 4.18. The Kier molecular flexibility index (Phi) is 2.74. The van der Waals surface area contributed by atoms with E-state index in [1.165, 1.54) is 0 Å². The Hall–Kier alpha value is -2.00. The van der Waals surface area contributed by atoms with Gasteiger partial charge in [-0.05, 0) is 37.5 Å². The molecule has 0 heterocycles. The fourth-order valence-corrected chi connectivity index (χ4v) is 1.39. The zero-order valence-corrected chi connectivity index (χ0v) is 8.38. The van der Waals surface area contributed by atoms with Crippen LogP contribution in [0.25, 0.3) is 9.85 Å². The summed E-state index contributed by atoms with van der Waals surface area (Å²) in [4.78, 5) is 3.41. The maximum absolute atomic E-state index is 10.1. The number of benzene rings is 1. The summed E-state index contributed by atoms with van der Waals surface area (Å²) in [6, 6.07) is 4.16. The van der Waals surface area contributed by atoms with E-state index in [0.29, 0.717) is 11.3 Å². The molecule has 0 spiro atoms. The molecule has 14 heavy (non-hydrogen) atoms. The molecule has 3 heteroatoms. The molecule has 0 amide bonds. The standard InChI is InChI=1S/C11H10N2O/c1-7-5-11(12-4)9(3)8(2)10(7)6-13-14/h5H,1-3H3. The van der Waals surface area contributed by atoms with Gasteiger partial charge in [-0.25, -0.2) is 4.85 Å². The molecule has 0 radical (unpaired) electrons. The van der Waals surface area contributed by atoms with Gasteiger partial charge in [0, 0.05) is 5.01 Å². The highest BCUT2D eigenvalue weighted by atomic mass is 16.4. The van der Waals surface area contributed by atoms with E-state index in [0.717, 1.165) is 16.7 Å². The first kappa shape index (κ1) is 10.1. The molecule has 0 N–H and O–H groups in total. The molecule has 0 bridgehead atoms. The molecule has 0 aliphatic rings. The maximum Gasteiger partial charge on any atom is 0.337 e. The minimum atomic E-state index is 0.622. The van der Waals surface area contributed by atoms with Gasteiger partial charge in [0.25, 0.3) is 0 Å². The highest BCUT2D eigenvalue weighted by Crippen LogP contribution is 2.27. The van der Waals surface area contributed by atoms with Crippen LogP contribution >= 0.6 is 0 Å². The quantitative estimate of drug-likeness (QED) is 0.451. The van der Waals surface area contributed by atoms with Crippen LogP contribution in [0.4, 0.5) is 5.69 Å². The number of hydrogen-bond acceptors (Lipinski definition) is 1. The molecule has 0 saturated heterocycles. The number of nitrogens with zero attached hydrogens (tertiary/aromatic N) is 2. The summed E-state index contributed by atoms with van der Waals surface area (Å²) in [7, 11) is 0. The lowest BCUT2D eigenvalue weighted by Gasteiger charge is -2.05. The van der Waals surface area contributed by atoms with Crippen molar-refractivity contribution in [3.8, 4) is 6.07 Å². The molecule has 0 aromatic heterocycles. The van der Waals surface area contributed by atoms with E-state index in [1.54, 1.807) is 6.07 Å². The second kappa shape index (κ2) is 3.81. The minimum Gasteiger partial charge on any atom is -0.498 e. The van der Waals surface area contributed by atoms with Crippen molar-refractivity contribution >= 4 is 5.69 Å². The van der Waals surface area contributed by atoms with Crippen LogP contribution in [0.3, 0.4) is 0 Å². The van der Waals surface area contributed by atoms with E-state index in [-0.39, 0.29) is 0 Å². The summed E-state index contributed by atoms with van der Waals surface area (Å²) >= 11 is 0. The van der Waals surface area contributed by atoms with Crippen molar-refractivity contribution in [3.63, 3.8) is 0 Å². The minimum absolute atomic E-state index is 0.622. The largest absolute Gasteiger partial charge is 0.498 e. The van der Waals surface area contributed by atoms with Gasteiger partial charge in [-0.1, -0.05) is 6.07 Å². The third-order valence-electron chi connectivity index (χ3n) is 2.35. The Bertz CT molecular complexity index is 473. The monoisotopic (exact) mass is 186 g/mol. The van der Waals surface area contributed by atoms with Gasteiger partial charge in [0.2, 0.25) is 0 Å². The SMILES string of the molecule is [C-]#[N+]c1cc(C)c(C#[N+][O-])c(C)c1C. The van der Waals surface area contributed by atoms with E-state index < -0.39 is 0 Å². The van der Waals surface area contributed by atoms with Crippen LogP contribution in [0.15, 0.2) is 6.07 Å². The highest BCUT2D eigenvalue weighted by molar-refractivity contribution is 5.62. The summed E-state index contributed by atoms with van der Waals surface area (Å²) in [6.45, 7) is 12.5. The summed E-state index contributed by atoms with van der Waals surface area (Å²) < 4.78 is 0. The Balaban J connectivity index is 3.56. The molecule has 0 fully saturated rings. The van der Waals surface area contributed by atoms with E-state index >= 15 is 0 Å². The lowest BCUT2D eigenvalue weighted by Crippen LogP contribution is -1.91. The van der Waals surface area contributed by atoms with Gasteiger partial charge in [-0.3, -0.25) is 0 Å². The van der Waals surface area contributed by atoms with Crippen molar-refractivity contribution < 1.29 is 0 Å². The van der Waals surface area contributed by atoms with Crippen LogP contribution < -0.4 is 0 Å². The van der Waals surface area contributed by atoms with E-state index in [4.69, 9.17) is 6.57 Å². The Morgan fingerprint density at radius 2 is 1.93 bits per heavy atom. The summed E-state index contributed by atoms with van der Waals surface area (Å²) in [5.41, 5.74) is 3.97. The molecule has 70 valence electrons. The first-order chi connectivity index (χ1) is 6.61. The molecule has 1 rings (SSSR count). The van der Waals surface area contributed by atoms with Gasteiger partial charge in [0.1, 0.15) is 5.56 Å². The third-order valence-corrected chi connectivity index (χ3v) is 2.35. The summed E-state index contributed by atoms with van der Waals surface area (Å²) in [5.74, 6) is 0. The average molecular weight is 186 g/mol. The topological polar surface area (TPSA) is 31.8 Å². The third kappa shape index (κ3) is 1.53. The molecule has 1 aromatic carbocycles. The molecular weight excluding hydrogens is 176 g/mol. The van der Waals surface area contributed by atoms with Crippen LogP contribution in [0.1, 0.15) is 22.3 Å². The summed E-state index contributed by atoms with van der Waals surface area (Å²) in [6.07, 6.45) is 0. The second-order valence-corrected chi connectivity index (χ2v) is 3.15. The molecule has 0 aliphatic carbocycles. The Morgan fingerprint density at radius 3 is 2.43 bits per heavy atom. The molecule has 1 aromatic rings. The zero-order chi connectivity index (χ0) is 10.7. The van der Waals surface area contributed by atoms with Gasteiger partial charge in [0.05, 0.1) is 6.57 Å². The van der Waals surface area contributed by atoms with Gasteiger partial charge < -0.3 is 5.21 Å². The second-order valence-electron chi connectivity index (χ2n) is 3.15. The van der Waals surface area contributed by atoms with Crippen LogP contribution in [0.5, 0.6) is 0 Å². The van der Waals surface area contributed by atoms with Crippen molar-refractivity contribution in [2.45, 2.75) is 20.8 Å². The lowest BCUT2D eigenvalue weighted by atomic mass is 9.98. The fourth-order valence-electron chi connectivity index (χ4n) is 1.39. The molecule has 3 nitrogen and oxygen atoms in total. The molecule has 0 aliphatic heterocycles. The van der Waals surface area contributed by atoms with Crippen LogP contribution in [0.2, 0.25) is 0 Å². The van der Waals surface area contributed by atoms with Gasteiger partial charge in [-0.2, -0.15) is 0 Å². The van der Waals surface area contributed by atoms with Crippen LogP contribution in [-0.2, 0) is 0 Å². The Labute approximate surface area is 83.2 Å². The molecular formula is C11H10N2O.